The molecule has 0 radical (unpaired) electrons. The van der Waals surface area contributed by atoms with Gasteiger partial charge in [-0.15, -0.1) is 0 Å². The van der Waals surface area contributed by atoms with E-state index in [-0.39, 0.29) is 12.5 Å². The van der Waals surface area contributed by atoms with E-state index in [2.05, 4.69) is 6.07 Å². The van der Waals surface area contributed by atoms with Crippen LogP contribution in [0.4, 0.5) is 4.79 Å². The molecule has 194 valence electrons. The van der Waals surface area contributed by atoms with Gasteiger partial charge in [0.1, 0.15) is 6.54 Å². The molecule has 2 aliphatic rings. The molecule has 1 fully saturated rings. The first-order valence-corrected chi connectivity index (χ1v) is 13.1. The number of nitriles is 1. The summed E-state index contributed by atoms with van der Waals surface area (Å²) < 4.78 is 0. The minimum absolute atomic E-state index is 0.0613. The lowest BCUT2D eigenvalue weighted by Gasteiger charge is -2.54. The van der Waals surface area contributed by atoms with E-state index < -0.39 is 17.2 Å². The summed E-state index contributed by atoms with van der Waals surface area (Å²) in [7, 11) is 0. The molecule has 0 saturated heterocycles. The van der Waals surface area contributed by atoms with E-state index in [0.717, 1.165) is 52.9 Å². The molecule has 5 rings (SSSR count). The van der Waals surface area contributed by atoms with Crippen LogP contribution in [-0.2, 0) is 12.0 Å². The zero-order valence-corrected chi connectivity index (χ0v) is 22.1. The standard InChI is InChI=1S/C31H32N4O3/c1-30(2,3)35(29(37)38)31(15-7-16-31)23-12-10-22(11-13-23)27-24(21-8-5-4-6-9-21)20-25-26(33-27)14-18-34(19-17-32)28(25)36/h4-6,8-13,20H,7,14-16,18-19H2,1-3H3,(H,37,38). The Morgan fingerprint density at radius 2 is 1.76 bits per heavy atom. The zero-order chi connectivity index (χ0) is 27.1. The number of hydrogen-bond donors (Lipinski definition) is 1. The van der Waals surface area contributed by atoms with Gasteiger partial charge in [0, 0.05) is 29.6 Å². The van der Waals surface area contributed by atoms with Crippen LogP contribution in [0.25, 0.3) is 22.4 Å². The van der Waals surface area contributed by atoms with E-state index in [9.17, 15) is 14.7 Å². The Balaban J connectivity index is 1.59. The molecule has 2 heterocycles. The Morgan fingerprint density at radius 1 is 1.08 bits per heavy atom. The molecule has 0 spiro atoms. The van der Waals surface area contributed by atoms with Crippen molar-refractivity contribution in [1.29, 1.82) is 5.26 Å². The van der Waals surface area contributed by atoms with Crippen LogP contribution in [0.3, 0.4) is 0 Å². The molecule has 0 unspecified atom stereocenters. The molecule has 1 saturated carbocycles. The molecule has 7 nitrogen and oxygen atoms in total. The Bertz CT molecular complexity index is 1410. The number of carboxylic acid groups (broad SMARTS) is 1. The van der Waals surface area contributed by atoms with Gasteiger partial charge >= 0.3 is 6.09 Å². The van der Waals surface area contributed by atoms with Crippen molar-refractivity contribution in [1.82, 2.24) is 14.8 Å². The van der Waals surface area contributed by atoms with Gasteiger partial charge in [-0.25, -0.2) is 4.79 Å². The smallest absolute Gasteiger partial charge is 0.408 e. The summed E-state index contributed by atoms with van der Waals surface area (Å²) in [5.74, 6) is -0.165. The zero-order valence-electron chi connectivity index (χ0n) is 22.1. The third-order valence-electron chi connectivity index (χ3n) is 7.75. The first-order chi connectivity index (χ1) is 18.2. The van der Waals surface area contributed by atoms with Crippen molar-refractivity contribution >= 4 is 12.0 Å². The molecular formula is C31H32N4O3. The molecule has 2 amide bonds. The summed E-state index contributed by atoms with van der Waals surface area (Å²) in [5.41, 5.74) is 4.71. The van der Waals surface area contributed by atoms with Crippen LogP contribution < -0.4 is 0 Å². The van der Waals surface area contributed by atoms with E-state index in [1.54, 1.807) is 9.80 Å². The largest absolute Gasteiger partial charge is 0.465 e. The van der Waals surface area contributed by atoms with Crippen molar-refractivity contribution in [2.45, 2.75) is 57.5 Å². The maximum absolute atomic E-state index is 13.1. The molecule has 1 aliphatic heterocycles. The van der Waals surface area contributed by atoms with Gasteiger partial charge in [0.15, 0.2) is 0 Å². The number of hydrogen-bond acceptors (Lipinski definition) is 4. The quantitative estimate of drug-likeness (QED) is 0.420. The van der Waals surface area contributed by atoms with Crippen molar-refractivity contribution in [3.8, 4) is 28.5 Å². The average molecular weight is 509 g/mol. The van der Waals surface area contributed by atoms with Gasteiger partial charge in [0.2, 0.25) is 0 Å². The lowest BCUT2D eigenvalue weighted by molar-refractivity contribution is -0.0328. The van der Waals surface area contributed by atoms with E-state index in [4.69, 9.17) is 10.2 Å². The van der Waals surface area contributed by atoms with Crippen molar-refractivity contribution in [2.75, 3.05) is 13.1 Å². The monoisotopic (exact) mass is 508 g/mol. The fourth-order valence-corrected chi connectivity index (χ4v) is 5.94. The Kier molecular flexibility index (Phi) is 6.44. The summed E-state index contributed by atoms with van der Waals surface area (Å²) in [5, 5.41) is 19.2. The summed E-state index contributed by atoms with van der Waals surface area (Å²) in [6, 6.07) is 22.0. The predicted octanol–water partition coefficient (Wildman–Crippen LogP) is 6.10. The van der Waals surface area contributed by atoms with E-state index in [1.165, 1.54) is 0 Å². The van der Waals surface area contributed by atoms with Crippen LogP contribution in [0.15, 0.2) is 60.7 Å². The molecule has 2 aromatic carbocycles. The van der Waals surface area contributed by atoms with Crippen LogP contribution in [-0.4, -0.2) is 50.5 Å². The lowest BCUT2D eigenvalue weighted by Crippen LogP contribution is -2.60. The molecule has 0 atom stereocenters. The number of amides is 2. The van der Waals surface area contributed by atoms with E-state index >= 15 is 0 Å². The third kappa shape index (κ3) is 4.30. The maximum atomic E-state index is 13.1. The maximum Gasteiger partial charge on any atom is 0.408 e. The predicted molar refractivity (Wildman–Crippen MR) is 145 cm³/mol. The number of rotatable bonds is 5. The molecular weight excluding hydrogens is 476 g/mol. The molecule has 1 aliphatic carbocycles. The highest BCUT2D eigenvalue weighted by Crippen LogP contribution is 2.49. The van der Waals surface area contributed by atoms with Gasteiger partial charge in [-0.2, -0.15) is 5.26 Å². The van der Waals surface area contributed by atoms with Gasteiger partial charge < -0.3 is 10.0 Å². The average Bonchev–Trinajstić information content (AvgIpc) is 2.87. The van der Waals surface area contributed by atoms with E-state index in [1.807, 2.05) is 81.4 Å². The van der Waals surface area contributed by atoms with Crippen molar-refractivity contribution in [3.05, 3.63) is 77.5 Å². The van der Waals surface area contributed by atoms with Crippen molar-refractivity contribution in [3.63, 3.8) is 0 Å². The number of fused-ring (bicyclic) bond motifs is 1. The lowest BCUT2D eigenvalue weighted by atomic mass is 9.69. The van der Waals surface area contributed by atoms with Crippen LogP contribution in [0.1, 0.15) is 61.6 Å². The number of pyridine rings is 1. The summed E-state index contributed by atoms with van der Waals surface area (Å²) in [4.78, 5) is 33.6. The summed E-state index contributed by atoms with van der Waals surface area (Å²) in [6.45, 7) is 6.36. The Morgan fingerprint density at radius 3 is 2.32 bits per heavy atom. The normalized spacial score (nSPS) is 16.3. The van der Waals surface area contributed by atoms with Crippen LogP contribution in [0, 0.1) is 11.3 Å². The number of nitrogens with zero attached hydrogens (tertiary/aromatic N) is 4. The topological polar surface area (TPSA) is 97.5 Å². The second-order valence-electron chi connectivity index (χ2n) is 11.1. The van der Waals surface area contributed by atoms with Gasteiger partial charge in [-0.05, 0) is 57.2 Å². The molecule has 38 heavy (non-hydrogen) atoms. The number of carbonyl (C=O) groups excluding carboxylic acids is 1. The fourth-order valence-electron chi connectivity index (χ4n) is 5.94. The SMILES string of the molecule is CC(C)(C)N(C(=O)O)C1(c2ccc(-c3nc4c(cc3-c3ccccc3)C(=O)N(CC#N)CC4)cc2)CCC1. The highest BCUT2D eigenvalue weighted by atomic mass is 16.4. The van der Waals surface area contributed by atoms with E-state index in [0.29, 0.717) is 18.5 Å². The summed E-state index contributed by atoms with van der Waals surface area (Å²) in [6.07, 6.45) is 2.26. The van der Waals surface area contributed by atoms with Crippen LogP contribution in [0.5, 0.6) is 0 Å². The second kappa shape index (κ2) is 9.60. The molecule has 1 aromatic heterocycles. The van der Waals surface area contributed by atoms with Crippen molar-refractivity contribution in [2.24, 2.45) is 0 Å². The first-order valence-electron chi connectivity index (χ1n) is 13.1. The molecule has 7 heteroatoms. The van der Waals surface area contributed by atoms with Gasteiger partial charge in [0.25, 0.3) is 5.91 Å². The van der Waals surface area contributed by atoms with Gasteiger partial charge in [-0.1, -0.05) is 54.6 Å². The molecule has 0 bridgehead atoms. The Labute approximate surface area is 223 Å². The van der Waals surface area contributed by atoms with Crippen LogP contribution >= 0.6 is 0 Å². The fraction of sp³-hybridized carbons (Fsp3) is 0.355. The molecule has 1 N–H and O–H groups in total. The minimum atomic E-state index is -0.904. The third-order valence-corrected chi connectivity index (χ3v) is 7.75. The van der Waals surface area contributed by atoms with Crippen molar-refractivity contribution < 1.29 is 14.7 Å². The first kappa shape index (κ1) is 25.5. The Hall–Kier alpha value is -4.18. The number of aromatic nitrogens is 1. The number of carbonyl (C=O) groups is 2. The van der Waals surface area contributed by atoms with Crippen LogP contribution in [0.2, 0.25) is 0 Å². The summed E-state index contributed by atoms with van der Waals surface area (Å²) >= 11 is 0. The highest BCUT2D eigenvalue weighted by Gasteiger charge is 2.50. The molecule has 3 aromatic rings. The highest BCUT2D eigenvalue weighted by molar-refractivity contribution is 5.99. The minimum Gasteiger partial charge on any atom is -0.465 e. The number of benzene rings is 2. The second-order valence-corrected chi connectivity index (χ2v) is 11.1. The van der Waals surface area contributed by atoms with Gasteiger partial charge in [0.05, 0.1) is 28.6 Å². The van der Waals surface area contributed by atoms with Gasteiger partial charge in [-0.3, -0.25) is 14.7 Å².